The SMILES string of the molecule is CN(CC(=O)NC1CC1)c1nc(-c2ccccc2)no1. The van der Waals surface area contributed by atoms with Crippen molar-refractivity contribution in [3.05, 3.63) is 30.3 Å². The van der Waals surface area contributed by atoms with E-state index in [9.17, 15) is 4.79 Å². The van der Waals surface area contributed by atoms with E-state index in [-0.39, 0.29) is 12.5 Å². The maximum Gasteiger partial charge on any atom is 0.324 e. The number of rotatable bonds is 5. The monoisotopic (exact) mass is 272 g/mol. The predicted octanol–water partition coefficient (Wildman–Crippen LogP) is 1.45. The Morgan fingerprint density at radius 3 is 2.85 bits per heavy atom. The number of carbonyl (C=O) groups excluding carboxylic acids is 1. The van der Waals surface area contributed by atoms with Gasteiger partial charge in [-0.15, -0.1) is 0 Å². The summed E-state index contributed by atoms with van der Waals surface area (Å²) in [5.74, 6) is 0.504. The van der Waals surface area contributed by atoms with Crippen LogP contribution in [-0.4, -0.2) is 35.7 Å². The van der Waals surface area contributed by atoms with E-state index in [0.29, 0.717) is 17.9 Å². The number of nitrogens with one attached hydrogen (secondary N) is 1. The second-order valence-electron chi connectivity index (χ2n) is 4.96. The van der Waals surface area contributed by atoms with E-state index in [1.165, 1.54) is 0 Å². The summed E-state index contributed by atoms with van der Waals surface area (Å²) in [4.78, 5) is 17.7. The quantitative estimate of drug-likeness (QED) is 0.892. The summed E-state index contributed by atoms with van der Waals surface area (Å²) in [6.07, 6.45) is 2.16. The highest BCUT2D eigenvalue weighted by molar-refractivity contribution is 5.81. The van der Waals surface area contributed by atoms with Gasteiger partial charge in [0.25, 0.3) is 0 Å². The smallest absolute Gasteiger partial charge is 0.324 e. The van der Waals surface area contributed by atoms with Gasteiger partial charge in [-0.05, 0) is 12.8 Å². The molecule has 2 aromatic rings. The van der Waals surface area contributed by atoms with Gasteiger partial charge in [-0.1, -0.05) is 35.5 Å². The Kier molecular flexibility index (Phi) is 3.37. The molecule has 0 saturated heterocycles. The average Bonchev–Trinajstić information content (AvgIpc) is 3.12. The topological polar surface area (TPSA) is 71.3 Å². The summed E-state index contributed by atoms with van der Waals surface area (Å²) in [5, 5.41) is 6.85. The standard InChI is InChI=1S/C14H16N4O2/c1-18(9-12(19)15-11-7-8-11)14-16-13(17-20-14)10-5-3-2-4-6-10/h2-6,11H,7-9H2,1H3,(H,15,19). The number of benzene rings is 1. The number of likely N-dealkylation sites (N-methyl/N-ethyl adjacent to an activating group) is 1. The van der Waals surface area contributed by atoms with Crippen molar-refractivity contribution in [1.29, 1.82) is 0 Å². The first-order chi connectivity index (χ1) is 9.72. The number of nitrogens with zero attached hydrogens (tertiary/aromatic N) is 3. The zero-order chi connectivity index (χ0) is 13.9. The second kappa shape index (κ2) is 5.32. The summed E-state index contributed by atoms with van der Waals surface area (Å²) in [6, 6.07) is 10.3. The highest BCUT2D eigenvalue weighted by Crippen LogP contribution is 2.20. The summed E-state index contributed by atoms with van der Waals surface area (Å²) < 4.78 is 5.19. The van der Waals surface area contributed by atoms with Crippen LogP contribution in [0.1, 0.15) is 12.8 Å². The third-order valence-corrected chi connectivity index (χ3v) is 3.10. The van der Waals surface area contributed by atoms with Gasteiger partial charge >= 0.3 is 6.01 Å². The Balaban J connectivity index is 1.65. The number of anilines is 1. The lowest BCUT2D eigenvalue weighted by Crippen LogP contribution is -2.36. The molecule has 1 N–H and O–H groups in total. The van der Waals surface area contributed by atoms with Crippen LogP contribution in [0, 0.1) is 0 Å². The fourth-order valence-electron chi connectivity index (χ4n) is 1.86. The van der Waals surface area contributed by atoms with Crippen LogP contribution in [0.2, 0.25) is 0 Å². The lowest BCUT2D eigenvalue weighted by molar-refractivity contribution is -0.119. The minimum absolute atomic E-state index is 0.0190. The Bertz CT molecular complexity index is 592. The molecule has 6 heteroatoms. The summed E-state index contributed by atoms with van der Waals surface area (Å²) >= 11 is 0. The molecule has 0 aliphatic heterocycles. The molecule has 1 fully saturated rings. The lowest BCUT2D eigenvalue weighted by Gasteiger charge is -2.12. The van der Waals surface area contributed by atoms with Crippen molar-refractivity contribution in [2.24, 2.45) is 0 Å². The zero-order valence-electron chi connectivity index (χ0n) is 11.2. The largest absolute Gasteiger partial charge is 0.352 e. The van der Waals surface area contributed by atoms with Crippen molar-refractivity contribution in [2.45, 2.75) is 18.9 Å². The molecule has 0 bridgehead atoms. The molecule has 1 amide bonds. The first-order valence-electron chi connectivity index (χ1n) is 6.62. The predicted molar refractivity (Wildman–Crippen MR) is 74.2 cm³/mol. The first kappa shape index (κ1) is 12.7. The molecule has 3 rings (SSSR count). The normalized spacial score (nSPS) is 14.1. The van der Waals surface area contributed by atoms with Crippen molar-refractivity contribution < 1.29 is 9.32 Å². The van der Waals surface area contributed by atoms with Gasteiger partial charge in [0.1, 0.15) is 6.54 Å². The van der Waals surface area contributed by atoms with Crippen LogP contribution in [0.5, 0.6) is 0 Å². The van der Waals surface area contributed by atoms with Crippen LogP contribution in [0.4, 0.5) is 6.01 Å². The molecule has 0 unspecified atom stereocenters. The minimum atomic E-state index is -0.0190. The molecule has 1 heterocycles. The third-order valence-electron chi connectivity index (χ3n) is 3.10. The van der Waals surface area contributed by atoms with E-state index >= 15 is 0 Å². The van der Waals surface area contributed by atoms with Crippen molar-refractivity contribution in [3.8, 4) is 11.4 Å². The maximum atomic E-state index is 11.7. The van der Waals surface area contributed by atoms with Crippen LogP contribution >= 0.6 is 0 Å². The molecular weight excluding hydrogens is 256 g/mol. The van der Waals surface area contributed by atoms with Gasteiger partial charge < -0.3 is 14.7 Å². The highest BCUT2D eigenvalue weighted by Gasteiger charge is 2.24. The van der Waals surface area contributed by atoms with Gasteiger partial charge in [0.15, 0.2) is 0 Å². The van der Waals surface area contributed by atoms with E-state index in [2.05, 4.69) is 15.5 Å². The molecule has 1 aliphatic rings. The number of carbonyl (C=O) groups is 1. The lowest BCUT2D eigenvalue weighted by atomic mass is 10.2. The van der Waals surface area contributed by atoms with Gasteiger partial charge in [0.05, 0.1) is 0 Å². The molecule has 1 aromatic heterocycles. The highest BCUT2D eigenvalue weighted by atomic mass is 16.5. The van der Waals surface area contributed by atoms with Crippen molar-refractivity contribution >= 4 is 11.9 Å². The van der Waals surface area contributed by atoms with Gasteiger partial charge in [0.2, 0.25) is 11.7 Å². The van der Waals surface area contributed by atoms with E-state index < -0.39 is 0 Å². The van der Waals surface area contributed by atoms with Crippen molar-refractivity contribution in [2.75, 3.05) is 18.5 Å². The van der Waals surface area contributed by atoms with Crippen LogP contribution < -0.4 is 10.2 Å². The Hall–Kier alpha value is -2.37. The number of aromatic nitrogens is 2. The third kappa shape index (κ3) is 2.96. The fourth-order valence-corrected chi connectivity index (χ4v) is 1.86. The Labute approximate surface area is 116 Å². The van der Waals surface area contributed by atoms with Crippen LogP contribution in [0.15, 0.2) is 34.9 Å². The fraction of sp³-hybridized carbons (Fsp3) is 0.357. The molecule has 6 nitrogen and oxygen atoms in total. The van der Waals surface area contributed by atoms with Gasteiger partial charge in [-0.25, -0.2) is 0 Å². The van der Waals surface area contributed by atoms with Crippen LogP contribution in [0.3, 0.4) is 0 Å². The zero-order valence-corrected chi connectivity index (χ0v) is 11.2. The van der Waals surface area contributed by atoms with Gasteiger partial charge in [-0.3, -0.25) is 4.79 Å². The van der Waals surface area contributed by atoms with Crippen LogP contribution in [-0.2, 0) is 4.79 Å². The molecule has 1 aliphatic carbocycles. The molecule has 0 radical (unpaired) electrons. The molecule has 0 atom stereocenters. The summed E-state index contributed by atoms with van der Waals surface area (Å²) in [7, 11) is 1.76. The first-order valence-corrected chi connectivity index (χ1v) is 6.62. The van der Waals surface area contributed by atoms with Gasteiger partial charge in [-0.2, -0.15) is 4.98 Å². The Morgan fingerprint density at radius 2 is 2.15 bits per heavy atom. The maximum absolute atomic E-state index is 11.7. The van der Waals surface area contributed by atoms with Crippen molar-refractivity contribution in [3.63, 3.8) is 0 Å². The minimum Gasteiger partial charge on any atom is -0.352 e. The Morgan fingerprint density at radius 1 is 1.40 bits per heavy atom. The van der Waals surface area contributed by atoms with E-state index in [1.807, 2.05) is 30.3 Å². The van der Waals surface area contributed by atoms with E-state index in [0.717, 1.165) is 18.4 Å². The summed E-state index contributed by atoms with van der Waals surface area (Å²) in [6.45, 7) is 0.215. The number of amides is 1. The molecular formula is C14H16N4O2. The molecule has 20 heavy (non-hydrogen) atoms. The van der Waals surface area contributed by atoms with Gasteiger partial charge in [0, 0.05) is 18.7 Å². The molecule has 0 spiro atoms. The molecule has 1 aromatic carbocycles. The van der Waals surface area contributed by atoms with E-state index in [4.69, 9.17) is 4.52 Å². The number of hydrogen-bond donors (Lipinski definition) is 1. The van der Waals surface area contributed by atoms with E-state index in [1.54, 1.807) is 11.9 Å². The number of hydrogen-bond acceptors (Lipinski definition) is 5. The molecule has 1 saturated carbocycles. The summed E-state index contributed by atoms with van der Waals surface area (Å²) in [5.41, 5.74) is 0.887. The van der Waals surface area contributed by atoms with Crippen molar-refractivity contribution in [1.82, 2.24) is 15.5 Å². The van der Waals surface area contributed by atoms with Crippen LogP contribution in [0.25, 0.3) is 11.4 Å². The average molecular weight is 272 g/mol. The second-order valence-corrected chi connectivity index (χ2v) is 4.96. The molecule has 104 valence electrons.